The molecule has 3 amide bonds. The van der Waals surface area contributed by atoms with Crippen molar-refractivity contribution in [2.24, 2.45) is 5.92 Å². The number of hydrogen-bond acceptors (Lipinski definition) is 5. The van der Waals surface area contributed by atoms with E-state index in [1.807, 2.05) is 6.92 Å². The van der Waals surface area contributed by atoms with E-state index >= 15 is 0 Å². The van der Waals surface area contributed by atoms with Crippen molar-refractivity contribution < 1.29 is 9.59 Å². The average molecular weight is 366 g/mol. The SMILES string of the molecule is CCCc1cc(=O)[nH]c(SCC(=O)NC(=O)N[C@@H]2CCCC[C@@H]2C)n1. The van der Waals surface area contributed by atoms with Gasteiger partial charge in [0.05, 0.1) is 5.75 Å². The van der Waals surface area contributed by atoms with Crippen LogP contribution in [0.4, 0.5) is 4.79 Å². The third-order valence-corrected chi connectivity index (χ3v) is 5.17. The van der Waals surface area contributed by atoms with Gasteiger partial charge in [-0.25, -0.2) is 9.78 Å². The number of nitrogens with zero attached hydrogens (tertiary/aromatic N) is 1. The van der Waals surface area contributed by atoms with Gasteiger partial charge >= 0.3 is 6.03 Å². The molecule has 1 aromatic rings. The molecule has 0 bridgehead atoms. The number of nitrogens with one attached hydrogen (secondary N) is 3. The lowest BCUT2D eigenvalue weighted by atomic mass is 9.86. The lowest BCUT2D eigenvalue weighted by molar-refractivity contribution is -0.117. The van der Waals surface area contributed by atoms with Crippen LogP contribution in [0.2, 0.25) is 0 Å². The average Bonchev–Trinajstić information content (AvgIpc) is 2.55. The zero-order chi connectivity index (χ0) is 18.2. The van der Waals surface area contributed by atoms with Crippen LogP contribution in [-0.4, -0.2) is 33.7 Å². The van der Waals surface area contributed by atoms with E-state index in [0.29, 0.717) is 23.2 Å². The van der Waals surface area contributed by atoms with E-state index < -0.39 is 11.9 Å². The molecule has 8 heteroatoms. The van der Waals surface area contributed by atoms with Crippen LogP contribution in [0.15, 0.2) is 16.0 Å². The summed E-state index contributed by atoms with van der Waals surface area (Å²) >= 11 is 1.11. The molecule has 0 unspecified atom stereocenters. The molecule has 1 aliphatic carbocycles. The molecule has 0 aromatic carbocycles. The fraction of sp³-hybridized carbons (Fsp3) is 0.647. The van der Waals surface area contributed by atoms with Crippen LogP contribution < -0.4 is 16.2 Å². The highest BCUT2D eigenvalue weighted by Gasteiger charge is 2.23. The number of imide groups is 1. The summed E-state index contributed by atoms with van der Waals surface area (Å²) in [6.45, 7) is 4.13. The standard InChI is InChI=1S/C17H26N4O3S/c1-3-6-12-9-14(22)21-17(18-12)25-10-15(23)20-16(24)19-13-8-5-4-7-11(13)2/h9,11,13H,3-8,10H2,1-2H3,(H,18,21,22)(H2,19,20,23,24)/t11-,13+/m0/s1. The first kappa shape index (κ1) is 19.5. The lowest BCUT2D eigenvalue weighted by Gasteiger charge is -2.29. The zero-order valence-electron chi connectivity index (χ0n) is 14.8. The molecule has 0 radical (unpaired) electrons. The highest BCUT2D eigenvalue weighted by Crippen LogP contribution is 2.23. The second kappa shape index (κ2) is 9.60. The van der Waals surface area contributed by atoms with Crippen LogP contribution in [0, 0.1) is 5.92 Å². The quantitative estimate of drug-likeness (QED) is 0.529. The molecule has 1 aliphatic rings. The van der Waals surface area contributed by atoms with Crippen molar-refractivity contribution in [3.8, 4) is 0 Å². The van der Waals surface area contributed by atoms with Crippen LogP contribution in [0.3, 0.4) is 0 Å². The zero-order valence-corrected chi connectivity index (χ0v) is 15.6. The Hall–Kier alpha value is -1.83. The van der Waals surface area contributed by atoms with Gasteiger partial charge < -0.3 is 10.3 Å². The predicted molar refractivity (Wildman–Crippen MR) is 97.7 cm³/mol. The minimum Gasteiger partial charge on any atom is -0.335 e. The van der Waals surface area contributed by atoms with Crippen molar-refractivity contribution in [2.45, 2.75) is 63.6 Å². The summed E-state index contributed by atoms with van der Waals surface area (Å²) in [6.07, 6.45) is 5.95. The first-order chi connectivity index (χ1) is 12.0. The van der Waals surface area contributed by atoms with Crippen molar-refractivity contribution in [2.75, 3.05) is 5.75 Å². The molecule has 7 nitrogen and oxygen atoms in total. The molecule has 1 fully saturated rings. The maximum absolute atomic E-state index is 11.9. The molecule has 1 saturated carbocycles. The maximum atomic E-state index is 11.9. The van der Waals surface area contributed by atoms with E-state index in [2.05, 4.69) is 27.5 Å². The molecular weight excluding hydrogens is 340 g/mol. The number of amides is 3. The minimum absolute atomic E-state index is 0.0200. The lowest BCUT2D eigenvalue weighted by Crippen LogP contribution is -2.48. The van der Waals surface area contributed by atoms with E-state index in [4.69, 9.17) is 0 Å². The van der Waals surface area contributed by atoms with E-state index in [0.717, 1.165) is 37.4 Å². The Balaban J connectivity index is 1.80. The fourth-order valence-corrected chi connectivity index (χ4v) is 3.66. The second-order valence-corrected chi connectivity index (χ2v) is 7.43. The summed E-state index contributed by atoms with van der Waals surface area (Å²) in [6, 6.07) is 1.13. The van der Waals surface area contributed by atoms with Gasteiger partial charge in [-0.3, -0.25) is 14.9 Å². The maximum Gasteiger partial charge on any atom is 0.321 e. The van der Waals surface area contributed by atoms with Gasteiger partial charge in [-0.1, -0.05) is 44.9 Å². The molecule has 3 N–H and O–H groups in total. The molecule has 2 rings (SSSR count). The third-order valence-electron chi connectivity index (χ3n) is 4.30. The van der Waals surface area contributed by atoms with Crippen molar-refractivity contribution in [3.63, 3.8) is 0 Å². The Labute approximate surface area is 151 Å². The fourth-order valence-electron chi connectivity index (χ4n) is 2.97. The third kappa shape index (κ3) is 6.53. The summed E-state index contributed by atoms with van der Waals surface area (Å²) in [5.41, 5.74) is 0.476. The first-order valence-electron chi connectivity index (χ1n) is 8.81. The van der Waals surface area contributed by atoms with Crippen LogP contribution >= 0.6 is 11.8 Å². The number of aromatic amines is 1. The summed E-state index contributed by atoms with van der Waals surface area (Å²) < 4.78 is 0. The van der Waals surface area contributed by atoms with Crippen LogP contribution in [0.25, 0.3) is 0 Å². The molecule has 1 heterocycles. The number of H-pyrrole nitrogens is 1. The summed E-state index contributed by atoms with van der Waals surface area (Å²) in [5.74, 6) is 0.0423. The molecule has 0 aliphatic heterocycles. The van der Waals surface area contributed by atoms with Gasteiger partial charge in [-0.2, -0.15) is 0 Å². The van der Waals surface area contributed by atoms with Gasteiger partial charge in [-0.05, 0) is 25.2 Å². The van der Waals surface area contributed by atoms with Crippen LogP contribution in [0.5, 0.6) is 0 Å². The smallest absolute Gasteiger partial charge is 0.321 e. The molecule has 25 heavy (non-hydrogen) atoms. The van der Waals surface area contributed by atoms with Gasteiger partial charge in [0.25, 0.3) is 5.56 Å². The Kier molecular flexibility index (Phi) is 7.49. The Morgan fingerprint density at radius 3 is 2.84 bits per heavy atom. The van der Waals surface area contributed by atoms with Crippen molar-refractivity contribution >= 4 is 23.7 Å². The highest BCUT2D eigenvalue weighted by atomic mass is 32.2. The van der Waals surface area contributed by atoms with Gasteiger partial charge in [0.15, 0.2) is 5.16 Å². The highest BCUT2D eigenvalue weighted by molar-refractivity contribution is 7.99. The monoisotopic (exact) mass is 366 g/mol. The topological polar surface area (TPSA) is 104 Å². The molecule has 2 atom stereocenters. The van der Waals surface area contributed by atoms with Crippen LogP contribution in [0.1, 0.15) is 51.6 Å². The number of carbonyl (C=O) groups excluding carboxylic acids is 2. The van der Waals surface area contributed by atoms with Crippen molar-refractivity contribution in [1.82, 2.24) is 20.6 Å². The number of aromatic nitrogens is 2. The Bertz CT molecular complexity index is 662. The van der Waals surface area contributed by atoms with Gasteiger partial charge in [0.2, 0.25) is 5.91 Å². The van der Waals surface area contributed by atoms with Crippen molar-refractivity contribution in [3.05, 3.63) is 22.1 Å². The normalized spacial score (nSPS) is 20.1. The number of hydrogen-bond donors (Lipinski definition) is 3. The van der Waals surface area contributed by atoms with Crippen LogP contribution in [-0.2, 0) is 11.2 Å². The molecule has 0 spiro atoms. The van der Waals surface area contributed by atoms with E-state index in [1.54, 1.807) is 0 Å². The number of aryl methyl sites for hydroxylation is 1. The van der Waals surface area contributed by atoms with Gasteiger partial charge in [0, 0.05) is 17.8 Å². The largest absolute Gasteiger partial charge is 0.335 e. The van der Waals surface area contributed by atoms with E-state index in [-0.39, 0.29) is 17.4 Å². The first-order valence-corrected chi connectivity index (χ1v) is 9.80. The van der Waals surface area contributed by atoms with Gasteiger partial charge in [0.1, 0.15) is 0 Å². The predicted octanol–water partition coefficient (Wildman–Crippen LogP) is 2.22. The molecule has 138 valence electrons. The summed E-state index contributed by atoms with van der Waals surface area (Å²) in [7, 11) is 0. The number of thioether (sulfide) groups is 1. The molecule has 1 aromatic heterocycles. The number of rotatable bonds is 6. The molecule has 0 saturated heterocycles. The van der Waals surface area contributed by atoms with E-state index in [1.165, 1.54) is 12.5 Å². The van der Waals surface area contributed by atoms with E-state index in [9.17, 15) is 14.4 Å². The summed E-state index contributed by atoms with van der Waals surface area (Å²) in [5, 5.41) is 5.62. The van der Waals surface area contributed by atoms with Crippen molar-refractivity contribution in [1.29, 1.82) is 0 Å². The number of urea groups is 1. The second-order valence-electron chi connectivity index (χ2n) is 6.47. The minimum atomic E-state index is -0.453. The molecular formula is C17H26N4O3S. The van der Waals surface area contributed by atoms with Gasteiger partial charge in [-0.15, -0.1) is 0 Å². The number of carbonyl (C=O) groups is 2. The Morgan fingerprint density at radius 2 is 2.12 bits per heavy atom. The summed E-state index contributed by atoms with van der Waals surface area (Å²) in [4.78, 5) is 42.4. The Morgan fingerprint density at radius 1 is 1.36 bits per heavy atom.